The molecular weight excluding hydrogens is 508 g/mol. The van der Waals surface area contributed by atoms with Gasteiger partial charge in [-0.25, -0.2) is 21.4 Å². The first-order valence-corrected chi connectivity index (χ1v) is 13.9. The quantitative estimate of drug-likeness (QED) is 0.301. The number of halogens is 2. The summed E-state index contributed by atoms with van der Waals surface area (Å²) >= 11 is 0. The molecule has 0 aromatic heterocycles. The van der Waals surface area contributed by atoms with Crippen molar-refractivity contribution in [3.8, 4) is 23.8 Å². The van der Waals surface area contributed by atoms with Crippen molar-refractivity contribution in [2.75, 3.05) is 20.5 Å². The Hall–Kier alpha value is -3.62. The van der Waals surface area contributed by atoms with Gasteiger partial charge >= 0.3 is 0 Å². The van der Waals surface area contributed by atoms with Crippen molar-refractivity contribution < 1.29 is 26.1 Å². The Morgan fingerprint density at radius 2 is 1.89 bits per heavy atom. The molecule has 4 rings (SSSR count). The lowest BCUT2D eigenvalue weighted by molar-refractivity contribution is 0.480. The van der Waals surface area contributed by atoms with Crippen LogP contribution < -0.4 is 19.5 Å². The third kappa shape index (κ3) is 6.33. The normalized spacial score (nSPS) is 13.9. The third-order valence-corrected chi connectivity index (χ3v) is 8.01. The molecule has 36 heavy (non-hydrogen) atoms. The third-order valence-electron chi connectivity index (χ3n) is 5.22. The van der Waals surface area contributed by atoms with Gasteiger partial charge in [0.15, 0.2) is 5.75 Å². The summed E-state index contributed by atoms with van der Waals surface area (Å²) in [6, 6.07) is 12.4. The Labute approximate surface area is 210 Å². The Bertz CT molecular complexity index is 1470. The summed E-state index contributed by atoms with van der Waals surface area (Å²) in [5.41, 5.74) is 0.876. The fourth-order valence-electron chi connectivity index (χ4n) is 3.19. The first-order chi connectivity index (χ1) is 17.2. The zero-order chi connectivity index (χ0) is 25.9. The van der Waals surface area contributed by atoms with Crippen LogP contribution in [0.4, 0.5) is 31.5 Å². The Morgan fingerprint density at radius 1 is 1.11 bits per heavy atom. The largest absolute Gasteiger partial charge is 0.455 e. The number of benzene rings is 3. The minimum atomic E-state index is -3.52. The summed E-state index contributed by atoms with van der Waals surface area (Å²) in [5, 5.41) is 2.76. The van der Waals surface area contributed by atoms with E-state index in [-0.39, 0.29) is 45.3 Å². The second-order valence-electron chi connectivity index (χ2n) is 8.02. The van der Waals surface area contributed by atoms with E-state index in [1.807, 2.05) is 0 Å². The maximum absolute atomic E-state index is 14.7. The number of hydrogen-bond donors (Lipinski definition) is 3. The molecule has 1 atom stereocenters. The van der Waals surface area contributed by atoms with E-state index in [9.17, 15) is 21.4 Å². The van der Waals surface area contributed by atoms with Crippen LogP contribution in [0, 0.1) is 24.0 Å². The molecule has 3 N–H and O–H groups in total. The van der Waals surface area contributed by atoms with E-state index in [1.54, 1.807) is 18.2 Å². The maximum atomic E-state index is 14.7. The van der Waals surface area contributed by atoms with Crippen LogP contribution in [0.3, 0.4) is 0 Å². The molecule has 1 aliphatic rings. The molecule has 0 spiro atoms. The topological polar surface area (TPSA) is 96.5 Å². The van der Waals surface area contributed by atoms with Gasteiger partial charge in [0.05, 0.1) is 28.1 Å². The van der Waals surface area contributed by atoms with Gasteiger partial charge in [-0.05, 0) is 56.2 Å². The molecule has 188 valence electrons. The molecule has 1 unspecified atom stereocenters. The summed E-state index contributed by atoms with van der Waals surface area (Å²) in [6.07, 6.45) is 6.87. The monoisotopic (exact) mass is 531 g/mol. The van der Waals surface area contributed by atoms with Gasteiger partial charge < -0.3 is 10.1 Å². The summed E-state index contributed by atoms with van der Waals surface area (Å²) in [5.74, 6) is 1.06. The smallest absolute Gasteiger partial charge is 0.232 e. The number of nitrogens with one attached hydrogen (secondary N) is 3. The number of ether oxygens (including phenoxy) is 1. The molecule has 11 heteroatoms. The first-order valence-electron chi connectivity index (χ1n) is 11.0. The minimum absolute atomic E-state index is 0.0253. The average molecular weight is 532 g/mol. The Kier molecular flexibility index (Phi) is 7.47. The van der Waals surface area contributed by atoms with Crippen molar-refractivity contribution in [3.05, 3.63) is 71.8 Å². The summed E-state index contributed by atoms with van der Waals surface area (Å²) in [6.45, 7) is 1.50. The molecule has 3 aromatic rings. The second-order valence-corrected chi connectivity index (χ2v) is 11.5. The lowest BCUT2D eigenvalue weighted by atomic mass is 10.2. The molecular formula is C25H23F2N3O4S2. The molecule has 0 bridgehead atoms. The summed E-state index contributed by atoms with van der Waals surface area (Å²) in [4.78, 5) is 0. The van der Waals surface area contributed by atoms with Crippen LogP contribution in [0.2, 0.25) is 0 Å². The van der Waals surface area contributed by atoms with E-state index in [0.29, 0.717) is 5.56 Å². The lowest BCUT2D eigenvalue weighted by Gasteiger charge is -2.19. The van der Waals surface area contributed by atoms with E-state index in [0.717, 1.165) is 31.0 Å². The van der Waals surface area contributed by atoms with Crippen LogP contribution in [0.15, 0.2) is 54.6 Å². The van der Waals surface area contributed by atoms with Crippen LogP contribution in [0.25, 0.3) is 0 Å². The number of hydrogen-bond acceptors (Lipinski definition) is 5. The Morgan fingerprint density at radius 3 is 2.56 bits per heavy atom. The van der Waals surface area contributed by atoms with E-state index in [1.165, 1.54) is 25.1 Å². The Balaban J connectivity index is 1.71. The van der Waals surface area contributed by atoms with E-state index in [2.05, 4.69) is 20.7 Å². The average Bonchev–Trinajstić information content (AvgIpc) is 3.68. The van der Waals surface area contributed by atoms with Crippen LogP contribution in [-0.2, 0) is 21.0 Å². The van der Waals surface area contributed by atoms with Crippen LogP contribution in [0.5, 0.6) is 11.5 Å². The zero-order valence-electron chi connectivity index (χ0n) is 19.2. The van der Waals surface area contributed by atoms with Crippen LogP contribution in [-0.4, -0.2) is 23.6 Å². The van der Waals surface area contributed by atoms with Crippen molar-refractivity contribution in [2.45, 2.75) is 25.0 Å². The number of sulfonamides is 1. The van der Waals surface area contributed by atoms with Gasteiger partial charge in [0.1, 0.15) is 34.1 Å². The van der Waals surface area contributed by atoms with E-state index >= 15 is 0 Å². The molecule has 3 aromatic carbocycles. The molecule has 1 saturated carbocycles. The predicted molar refractivity (Wildman–Crippen MR) is 138 cm³/mol. The SMILES string of the molecule is C#Cc1ccc(Nc2cc(F)cc(Oc3cccc(NS(=O)(=O)CC)c3)c2NS(=O)C2CC2)c(F)c1. The summed E-state index contributed by atoms with van der Waals surface area (Å²) in [7, 11) is -5.01. The second kappa shape index (κ2) is 10.6. The van der Waals surface area contributed by atoms with Crippen molar-refractivity contribution in [2.24, 2.45) is 0 Å². The fraction of sp³-hybridized carbons (Fsp3) is 0.200. The highest BCUT2D eigenvalue weighted by Gasteiger charge is 2.30. The number of anilines is 4. The molecule has 0 aliphatic heterocycles. The predicted octanol–water partition coefficient (Wildman–Crippen LogP) is 5.48. The first kappa shape index (κ1) is 25.5. The fourth-order valence-corrected chi connectivity index (χ4v) is 4.96. The van der Waals surface area contributed by atoms with Crippen LogP contribution in [0.1, 0.15) is 25.3 Å². The molecule has 0 heterocycles. The number of terminal acetylenes is 1. The molecule has 0 amide bonds. The van der Waals surface area contributed by atoms with Gasteiger partial charge in [0.2, 0.25) is 10.0 Å². The zero-order valence-corrected chi connectivity index (χ0v) is 20.8. The molecule has 1 fully saturated rings. The molecule has 7 nitrogen and oxygen atoms in total. The highest BCUT2D eigenvalue weighted by atomic mass is 32.2. The molecule has 1 aliphatic carbocycles. The standard InChI is InChI=1S/C25H23F2N3O4S2/c1-3-16-8-11-22(21(27)12-16)28-23-13-17(26)14-24(25(23)29-35(31)20-9-10-20)34-19-7-5-6-18(15-19)30-36(32,33)4-2/h1,5-8,11-15,20,28-30H,4,9-10H2,2H3. The van der Waals surface area contributed by atoms with Crippen molar-refractivity contribution >= 4 is 43.8 Å². The van der Waals surface area contributed by atoms with Gasteiger partial charge in [-0.1, -0.05) is 12.0 Å². The highest BCUT2D eigenvalue weighted by Crippen LogP contribution is 2.41. The molecule has 0 radical (unpaired) electrons. The lowest BCUT2D eigenvalue weighted by Crippen LogP contribution is -2.14. The number of rotatable bonds is 10. The molecule has 0 saturated heterocycles. The highest BCUT2D eigenvalue weighted by molar-refractivity contribution is 7.92. The van der Waals surface area contributed by atoms with Crippen LogP contribution >= 0.6 is 0 Å². The summed E-state index contributed by atoms with van der Waals surface area (Å²) < 4.78 is 77.0. The van der Waals surface area contributed by atoms with Gasteiger partial charge in [0, 0.05) is 17.7 Å². The van der Waals surface area contributed by atoms with Gasteiger partial charge in [-0.3, -0.25) is 9.44 Å². The van der Waals surface area contributed by atoms with Crippen molar-refractivity contribution in [1.82, 2.24) is 0 Å². The van der Waals surface area contributed by atoms with E-state index in [4.69, 9.17) is 11.2 Å². The van der Waals surface area contributed by atoms with Crippen molar-refractivity contribution in [1.29, 1.82) is 0 Å². The van der Waals surface area contributed by atoms with Crippen molar-refractivity contribution in [3.63, 3.8) is 0 Å². The van der Waals surface area contributed by atoms with E-state index < -0.39 is 32.6 Å². The van der Waals surface area contributed by atoms with Gasteiger partial charge in [0.25, 0.3) is 0 Å². The maximum Gasteiger partial charge on any atom is 0.232 e. The van der Waals surface area contributed by atoms with Gasteiger partial charge in [-0.2, -0.15) is 0 Å². The minimum Gasteiger partial charge on any atom is -0.455 e. The van der Waals surface area contributed by atoms with Gasteiger partial charge in [-0.15, -0.1) is 6.42 Å².